The standard InChI is InChI=1S/C22H25FN4O2S.C2H4O2/c1-3-14-13-15(5-10-18(14)23)19(28)20-21(24)27-22(30-20)26-16-6-8-17(9-7-16)29-12-11-25-4-2;1-2(3)4/h5-10,13,25H,3-4,11-12,24H2,1-2H3,(H,26,27);1H3,(H,3,4). The Morgan fingerprint density at radius 2 is 1.85 bits per heavy atom. The van der Waals surface area contributed by atoms with Crippen LogP contribution >= 0.6 is 11.3 Å². The van der Waals surface area contributed by atoms with E-state index in [0.29, 0.717) is 34.2 Å². The number of aromatic nitrogens is 1. The van der Waals surface area contributed by atoms with Crippen molar-refractivity contribution in [1.82, 2.24) is 10.3 Å². The van der Waals surface area contributed by atoms with Crippen molar-refractivity contribution in [2.45, 2.75) is 27.2 Å². The number of aliphatic carboxylic acids is 1. The van der Waals surface area contributed by atoms with Gasteiger partial charge in [0.15, 0.2) is 5.13 Å². The topological polar surface area (TPSA) is 127 Å². The van der Waals surface area contributed by atoms with Crippen LogP contribution in [0.3, 0.4) is 0 Å². The third-order valence-electron chi connectivity index (χ3n) is 4.45. The molecule has 0 spiro atoms. The number of halogens is 1. The summed E-state index contributed by atoms with van der Waals surface area (Å²) < 4.78 is 19.4. The Labute approximate surface area is 202 Å². The Morgan fingerprint density at radius 3 is 2.47 bits per heavy atom. The third kappa shape index (κ3) is 8.13. The van der Waals surface area contributed by atoms with Gasteiger partial charge < -0.3 is 26.2 Å². The molecule has 0 saturated carbocycles. The average molecular weight is 489 g/mol. The summed E-state index contributed by atoms with van der Waals surface area (Å²) in [5.74, 6) is -0.491. The molecule has 34 heavy (non-hydrogen) atoms. The van der Waals surface area contributed by atoms with Gasteiger partial charge in [-0.25, -0.2) is 9.37 Å². The number of nitrogens with one attached hydrogen (secondary N) is 2. The van der Waals surface area contributed by atoms with Gasteiger partial charge >= 0.3 is 0 Å². The van der Waals surface area contributed by atoms with E-state index < -0.39 is 5.97 Å². The van der Waals surface area contributed by atoms with Crippen LogP contribution in [0.4, 0.5) is 21.0 Å². The Morgan fingerprint density at radius 1 is 1.18 bits per heavy atom. The highest BCUT2D eigenvalue weighted by Gasteiger charge is 2.19. The van der Waals surface area contributed by atoms with Crippen molar-refractivity contribution in [3.8, 4) is 5.75 Å². The van der Waals surface area contributed by atoms with Crippen molar-refractivity contribution in [3.05, 3.63) is 64.3 Å². The molecule has 0 amide bonds. The largest absolute Gasteiger partial charge is 0.492 e. The normalized spacial score (nSPS) is 10.2. The number of carboxylic acid groups (broad SMARTS) is 1. The summed E-state index contributed by atoms with van der Waals surface area (Å²) in [6, 6.07) is 11.8. The minimum Gasteiger partial charge on any atom is -0.492 e. The lowest BCUT2D eigenvalue weighted by Gasteiger charge is -2.07. The predicted octanol–water partition coefficient (Wildman–Crippen LogP) is 4.48. The molecular formula is C24H29FN4O4S. The van der Waals surface area contributed by atoms with Crippen molar-refractivity contribution in [2.24, 2.45) is 0 Å². The summed E-state index contributed by atoms with van der Waals surface area (Å²) in [6.45, 7) is 7.27. The molecule has 10 heteroatoms. The molecule has 0 aliphatic carbocycles. The number of benzene rings is 2. The Bertz CT molecular complexity index is 1100. The van der Waals surface area contributed by atoms with Crippen LogP contribution in [0.2, 0.25) is 0 Å². The molecule has 0 radical (unpaired) electrons. The van der Waals surface area contributed by atoms with E-state index in [4.69, 9.17) is 20.4 Å². The molecule has 1 aromatic heterocycles. The lowest BCUT2D eigenvalue weighted by atomic mass is 10.0. The highest BCUT2D eigenvalue weighted by molar-refractivity contribution is 7.18. The van der Waals surface area contributed by atoms with Crippen LogP contribution < -0.4 is 21.1 Å². The summed E-state index contributed by atoms with van der Waals surface area (Å²) in [4.78, 5) is 26.4. The highest BCUT2D eigenvalue weighted by Crippen LogP contribution is 2.30. The molecule has 3 rings (SSSR count). The lowest BCUT2D eigenvalue weighted by Crippen LogP contribution is -2.20. The number of carbonyl (C=O) groups excluding carboxylic acids is 1. The molecule has 0 bridgehead atoms. The maximum Gasteiger partial charge on any atom is 0.300 e. The first-order valence-electron chi connectivity index (χ1n) is 10.7. The minimum atomic E-state index is -0.833. The predicted molar refractivity (Wildman–Crippen MR) is 133 cm³/mol. The molecule has 3 aromatic rings. The van der Waals surface area contributed by atoms with E-state index >= 15 is 0 Å². The molecule has 5 N–H and O–H groups in total. The molecule has 0 fully saturated rings. The number of carboxylic acids is 1. The van der Waals surface area contributed by atoms with Gasteiger partial charge in [0, 0.05) is 24.7 Å². The van der Waals surface area contributed by atoms with Crippen LogP contribution in [0, 0.1) is 5.82 Å². The van der Waals surface area contributed by atoms with Gasteiger partial charge in [-0.1, -0.05) is 25.2 Å². The van der Waals surface area contributed by atoms with E-state index in [2.05, 4.69) is 15.6 Å². The minimum absolute atomic E-state index is 0.151. The Balaban J connectivity index is 0.000000945. The van der Waals surface area contributed by atoms with Crippen molar-refractivity contribution < 1.29 is 23.8 Å². The summed E-state index contributed by atoms with van der Waals surface area (Å²) in [5, 5.41) is 14.3. The van der Waals surface area contributed by atoms with E-state index in [9.17, 15) is 9.18 Å². The van der Waals surface area contributed by atoms with Gasteiger partial charge in [0.2, 0.25) is 5.78 Å². The third-order valence-corrected chi connectivity index (χ3v) is 5.44. The molecule has 2 aromatic carbocycles. The van der Waals surface area contributed by atoms with E-state index in [1.54, 1.807) is 6.07 Å². The van der Waals surface area contributed by atoms with Gasteiger partial charge in [-0.2, -0.15) is 0 Å². The van der Waals surface area contributed by atoms with E-state index in [1.165, 1.54) is 23.5 Å². The molecule has 0 atom stereocenters. The van der Waals surface area contributed by atoms with Crippen LogP contribution in [0.5, 0.6) is 5.75 Å². The van der Waals surface area contributed by atoms with E-state index in [-0.39, 0.29) is 17.4 Å². The smallest absolute Gasteiger partial charge is 0.300 e. The number of anilines is 3. The summed E-state index contributed by atoms with van der Waals surface area (Å²) in [7, 11) is 0. The van der Waals surface area contributed by atoms with Crippen molar-refractivity contribution in [1.29, 1.82) is 0 Å². The van der Waals surface area contributed by atoms with E-state index in [1.807, 2.05) is 38.1 Å². The number of hydrogen-bond donors (Lipinski definition) is 4. The number of nitrogen functional groups attached to an aromatic ring is 1. The second-order valence-corrected chi connectivity index (χ2v) is 8.09. The van der Waals surface area contributed by atoms with Gasteiger partial charge in [-0.05, 0) is 61.0 Å². The number of carbonyl (C=O) groups is 2. The Hall–Kier alpha value is -3.50. The number of rotatable bonds is 10. The molecular weight excluding hydrogens is 459 g/mol. The fourth-order valence-corrected chi connectivity index (χ4v) is 3.71. The molecule has 8 nitrogen and oxygen atoms in total. The van der Waals surface area contributed by atoms with Gasteiger partial charge in [-0.15, -0.1) is 0 Å². The van der Waals surface area contributed by atoms with Crippen LogP contribution in [0.1, 0.15) is 41.6 Å². The van der Waals surface area contributed by atoms with Gasteiger partial charge in [0.1, 0.15) is 28.9 Å². The van der Waals surface area contributed by atoms with Crippen molar-refractivity contribution >= 4 is 39.7 Å². The zero-order valence-corrected chi connectivity index (χ0v) is 20.2. The molecule has 0 aliphatic heterocycles. The quantitative estimate of drug-likeness (QED) is 0.243. The molecule has 182 valence electrons. The Kier molecular flexibility index (Phi) is 10.4. The molecule has 0 unspecified atom stereocenters. The summed E-state index contributed by atoms with van der Waals surface area (Å²) in [6.07, 6.45) is 0.507. The number of aryl methyl sites for hydroxylation is 1. The zero-order chi connectivity index (χ0) is 25.1. The fourth-order valence-electron chi connectivity index (χ4n) is 2.84. The number of ketones is 1. The summed E-state index contributed by atoms with van der Waals surface area (Å²) in [5.41, 5.74) is 7.67. The van der Waals surface area contributed by atoms with Crippen molar-refractivity contribution in [2.75, 3.05) is 30.7 Å². The highest BCUT2D eigenvalue weighted by atomic mass is 32.1. The van der Waals surface area contributed by atoms with Gasteiger partial charge in [-0.3, -0.25) is 9.59 Å². The van der Waals surface area contributed by atoms with Gasteiger partial charge in [0.05, 0.1) is 0 Å². The zero-order valence-electron chi connectivity index (χ0n) is 19.4. The second-order valence-electron chi connectivity index (χ2n) is 7.09. The second kappa shape index (κ2) is 13.3. The number of hydrogen-bond acceptors (Lipinski definition) is 8. The molecule has 1 heterocycles. The molecule has 0 aliphatic rings. The first-order valence-corrected chi connectivity index (χ1v) is 11.6. The number of likely N-dealkylation sites (N-methyl/N-ethyl adjacent to an activating group) is 1. The van der Waals surface area contributed by atoms with Crippen LogP contribution in [-0.2, 0) is 11.2 Å². The van der Waals surface area contributed by atoms with Crippen LogP contribution in [-0.4, -0.2) is 41.5 Å². The fraction of sp³-hybridized carbons (Fsp3) is 0.292. The lowest BCUT2D eigenvalue weighted by molar-refractivity contribution is -0.134. The maximum absolute atomic E-state index is 13.7. The SMILES string of the molecule is CC(=O)O.CCNCCOc1ccc(Nc2nc(N)c(C(=O)c3ccc(F)c(CC)c3)s2)cc1. The number of nitrogens with zero attached hydrogens (tertiary/aromatic N) is 1. The van der Waals surface area contributed by atoms with E-state index in [0.717, 1.165) is 31.5 Å². The summed E-state index contributed by atoms with van der Waals surface area (Å²) >= 11 is 1.17. The average Bonchev–Trinajstić information content (AvgIpc) is 3.17. The maximum atomic E-state index is 13.7. The van der Waals surface area contributed by atoms with Crippen LogP contribution in [0.15, 0.2) is 42.5 Å². The van der Waals surface area contributed by atoms with Gasteiger partial charge in [0.25, 0.3) is 5.97 Å². The van der Waals surface area contributed by atoms with Crippen LogP contribution in [0.25, 0.3) is 0 Å². The molecule has 0 saturated heterocycles. The first kappa shape index (κ1) is 26.7. The number of nitrogens with two attached hydrogens (primary N) is 1. The number of ether oxygens (including phenoxy) is 1. The van der Waals surface area contributed by atoms with Crippen molar-refractivity contribution in [3.63, 3.8) is 0 Å². The first-order chi connectivity index (χ1) is 16.2. The monoisotopic (exact) mass is 488 g/mol. The number of thiazole rings is 1.